The number of halogens is 7. The highest BCUT2D eigenvalue weighted by Gasteiger charge is 2.68. The first kappa shape index (κ1) is 34.4. The fourth-order valence-electron chi connectivity index (χ4n) is 7.07. The van der Waals surface area contributed by atoms with E-state index in [0.29, 0.717) is 39.8 Å². The first-order valence-electron chi connectivity index (χ1n) is 16.1. The molecule has 2 aromatic carbocycles. The summed E-state index contributed by atoms with van der Waals surface area (Å²) in [4.78, 5) is 22.8. The molecular weight excluding hydrogens is 679 g/mol. The number of aromatic nitrogens is 3. The number of Topliss-reactive ketones (excluding diaryl/α,β-unsaturated/α-hetero) is 1. The molecule has 1 fully saturated rings. The maximum atomic E-state index is 15.3. The number of aliphatic hydroxyl groups is 1. The lowest BCUT2D eigenvalue weighted by Gasteiger charge is -2.21. The van der Waals surface area contributed by atoms with Gasteiger partial charge in [0.25, 0.3) is 5.92 Å². The Bertz CT molecular complexity index is 2170. The van der Waals surface area contributed by atoms with E-state index in [2.05, 4.69) is 21.9 Å². The van der Waals surface area contributed by atoms with E-state index in [-0.39, 0.29) is 29.8 Å². The molecule has 2 aliphatic carbocycles. The van der Waals surface area contributed by atoms with E-state index in [1.54, 1.807) is 24.3 Å². The molecule has 3 aliphatic rings. The van der Waals surface area contributed by atoms with Crippen molar-refractivity contribution in [1.29, 1.82) is 0 Å². The second kappa shape index (κ2) is 12.0. The lowest BCUT2D eigenvalue weighted by atomic mass is 9.86. The number of nitrogens with zero attached hydrogens (tertiary/aromatic N) is 4. The van der Waals surface area contributed by atoms with E-state index in [4.69, 9.17) is 10.7 Å². The van der Waals surface area contributed by atoms with Crippen LogP contribution < -0.4 is 5.73 Å². The summed E-state index contributed by atoms with van der Waals surface area (Å²) in [6, 6.07) is 11.5. The highest BCUT2D eigenvalue weighted by atomic mass is 19.4. The summed E-state index contributed by atoms with van der Waals surface area (Å²) < 4.78 is 102. The molecule has 7 rings (SSSR count). The molecule has 0 spiro atoms. The van der Waals surface area contributed by atoms with Gasteiger partial charge in [0.05, 0.1) is 12.2 Å². The molecule has 0 radical (unpaired) electrons. The molecule has 264 valence electrons. The van der Waals surface area contributed by atoms with E-state index in [1.807, 2.05) is 6.07 Å². The summed E-state index contributed by atoms with van der Waals surface area (Å²) >= 11 is 0. The number of benzene rings is 2. The zero-order chi connectivity index (χ0) is 36.6. The number of fused-ring (bicyclic) bond motifs is 4. The summed E-state index contributed by atoms with van der Waals surface area (Å²) in [5, 5.41) is 13.7. The molecule has 1 saturated carbocycles. The SMILES string of the molecule is CC(C)(O)C#Cc1ccc(-c2ccc3c(c2)C(N)=NC3)c([C@@H](CC(=O)Cn2nc(C(F)(F)F)c3c2C(F)(F)[C@@H]2C[C@H]32)Cc2cc(F)cc(F)c2)n1. The molecule has 3 atom stereocenters. The molecule has 3 N–H and O–H groups in total. The molecular formula is C37H30F7N5O2. The highest BCUT2D eigenvalue weighted by molar-refractivity contribution is 6.01. The van der Waals surface area contributed by atoms with Gasteiger partial charge >= 0.3 is 6.18 Å². The van der Waals surface area contributed by atoms with Crippen molar-refractivity contribution in [3.8, 4) is 23.0 Å². The largest absolute Gasteiger partial charge is 0.435 e. The Morgan fingerprint density at radius 3 is 2.49 bits per heavy atom. The molecule has 0 unspecified atom stereocenters. The van der Waals surface area contributed by atoms with Crippen LogP contribution in [-0.2, 0) is 36.4 Å². The van der Waals surface area contributed by atoms with E-state index in [1.165, 1.54) is 13.8 Å². The molecule has 4 aromatic rings. The van der Waals surface area contributed by atoms with Crippen LogP contribution in [0.4, 0.5) is 30.7 Å². The van der Waals surface area contributed by atoms with Crippen LogP contribution in [0.15, 0.2) is 53.5 Å². The Morgan fingerprint density at radius 2 is 1.80 bits per heavy atom. The fourth-order valence-corrected chi connectivity index (χ4v) is 7.07. The van der Waals surface area contributed by atoms with Crippen LogP contribution in [0.5, 0.6) is 0 Å². The number of pyridine rings is 1. The summed E-state index contributed by atoms with van der Waals surface area (Å²) in [6.45, 7) is 2.42. The Hall–Kier alpha value is -5.03. The van der Waals surface area contributed by atoms with E-state index in [0.717, 1.165) is 17.7 Å². The van der Waals surface area contributed by atoms with Crippen molar-refractivity contribution in [2.45, 2.75) is 75.7 Å². The maximum absolute atomic E-state index is 15.3. The summed E-state index contributed by atoms with van der Waals surface area (Å²) in [5.74, 6) is -3.62. The summed E-state index contributed by atoms with van der Waals surface area (Å²) in [7, 11) is 0. The van der Waals surface area contributed by atoms with E-state index in [9.17, 15) is 31.9 Å². The van der Waals surface area contributed by atoms with Gasteiger partial charge in [-0.3, -0.25) is 14.5 Å². The second-order valence-corrected chi connectivity index (χ2v) is 13.8. The van der Waals surface area contributed by atoms with Gasteiger partial charge in [0, 0.05) is 41.0 Å². The number of carbonyl (C=O) groups is 1. The van der Waals surface area contributed by atoms with Gasteiger partial charge in [-0.15, -0.1) is 0 Å². The van der Waals surface area contributed by atoms with Crippen LogP contribution in [0.25, 0.3) is 11.1 Å². The Labute approximate surface area is 287 Å². The number of aliphatic imine (C=N–C) groups is 1. The lowest BCUT2D eigenvalue weighted by Crippen LogP contribution is -2.24. The van der Waals surface area contributed by atoms with Gasteiger partial charge in [0.2, 0.25) is 0 Å². The van der Waals surface area contributed by atoms with Crippen molar-refractivity contribution in [3.63, 3.8) is 0 Å². The number of rotatable bonds is 8. The summed E-state index contributed by atoms with van der Waals surface area (Å²) in [5.41, 5.74) is 4.99. The minimum Gasteiger partial charge on any atom is -0.383 e. The van der Waals surface area contributed by atoms with Crippen molar-refractivity contribution in [1.82, 2.24) is 14.8 Å². The molecule has 1 aliphatic heterocycles. The third kappa shape index (κ3) is 6.62. The lowest BCUT2D eigenvalue weighted by molar-refractivity contribution is -0.142. The van der Waals surface area contributed by atoms with Gasteiger partial charge in [0.15, 0.2) is 11.5 Å². The van der Waals surface area contributed by atoms with E-state index < -0.39 is 82.8 Å². The minimum absolute atomic E-state index is 0.101. The number of alkyl halides is 5. The van der Waals surface area contributed by atoms with Crippen LogP contribution in [0.2, 0.25) is 0 Å². The topological polar surface area (TPSA) is 106 Å². The monoisotopic (exact) mass is 709 g/mol. The Morgan fingerprint density at radius 1 is 1.08 bits per heavy atom. The molecule has 14 heteroatoms. The number of ketones is 1. The van der Waals surface area contributed by atoms with Crippen LogP contribution in [-0.4, -0.2) is 37.1 Å². The van der Waals surface area contributed by atoms with E-state index >= 15 is 8.78 Å². The van der Waals surface area contributed by atoms with Gasteiger partial charge in [0.1, 0.15) is 41.0 Å². The molecule has 0 saturated heterocycles. The van der Waals surface area contributed by atoms with Gasteiger partial charge < -0.3 is 10.8 Å². The van der Waals surface area contributed by atoms with Crippen LogP contribution >= 0.6 is 0 Å². The standard InChI is InChI=1S/C37H30F7N5O2/c1-35(2,51)8-7-24-5-6-26(19-3-4-20-16-46-34(45)27(20)13-19)31(47-24)21(9-18-10-22(38)14-23(39)11-18)12-25(50)17-49-33-30(32(48-49)37(42,43)44)28-15-29(28)36(33,40)41/h3-6,10-11,13-14,21,28-29,51H,9,12,15-17H2,1-2H3,(H2,45,46)/t21-,28+,29-/m1/s1. The molecule has 7 nitrogen and oxygen atoms in total. The molecule has 0 bridgehead atoms. The summed E-state index contributed by atoms with van der Waals surface area (Å²) in [6.07, 6.45) is -5.77. The normalized spacial score (nSPS) is 19.1. The first-order valence-corrected chi connectivity index (χ1v) is 16.1. The Balaban J connectivity index is 1.32. The minimum atomic E-state index is -5.01. The maximum Gasteiger partial charge on any atom is 0.435 e. The van der Waals surface area contributed by atoms with Crippen LogP contribution in [0, 0.1) is 29.4 Å². The molecule has 51 heavy (non-hydrogen) atoms. The number of nitrogens with two attached hydrogens (primary N) is 1. The predicted molar refractivity (Wildman–Crippen MR) is 172 cm³/mol. The van der Waals surface area contributed by atoms with Crippen molar-refractivity contribution in [2.75, 3.05) is 0 Å². The quantitative estimate of drug-likeness (QED) is 0.155. The zero-order valence-electron chi connectivity index (χ0n) is 27.3. The molecule has 3 heterocycles. The second-order valence-electron chi connectivity index (χ2n) is 13.8. The van der Waals surface area contributed by atoms with Gasteiger partial charge in [-0.1, -0.05) is 18.1 Å². The smallest absolute Gasteiger partial charge is 0.383 e. The average Bonchev–Trinajstić information content (AvgIpc) is 3.54. The fraction of sp³-hybridized carbons (Fsp3) is 0.351. The number of amidine groups is 1. The van der Waals surface area contributed by atoms with Crippen LogP contribution in [0.3, 0.4) is 0 Å². The average molecular weight is 710 g/mol. The van der Waals surface area contributed by atoms with Crippen molar-refractivity contribution in [2.24, 2.45) is 16.6 Å². The van der Waals surface area contributed by atoms with Crippen molar-refractivity contribution >= 4 is 11.6 Å². The third-order valence-electron chi connectivity index (χ3n) is 9.33. The third-order valence-corrected chi connectivity index (χ3v) is 9.33. The number of carbonyl (C=O) groups excluding carboxylic acids is 1. The van der Waals surface area contributed by atoms with Crippen molar-refractivity contribution in [3.05, 3.63) is 105 Å². The first-order chi connectivity index (χ1) is 23.9. The number of hydrogen-bond donors (Lipinski definition) is 2. The predicted octanol–water partition coefficient (Wildman–Crippen LogP) is 6.78. The zero-order valence-corrected chi connectivity index (χ0v) is 27.3. The van der Waals surface area contributed by atoms with Gasteiger partial charge in [-0.25, -0.2) is 13.8 Å². The van der Waals surface area contributed by atoms with Crippen molar-refractivity contribution < 1.29 is 40.6 Å². The van der Waals surface area contributed by atoms with Gasteiger partial charge in [-0.05, 0) is 85.5 Å². The number of hydrogen-bond acceptors (Lipinski definition) is 6. The molecule has 2 aromatic heterocycles. The van der Waals surface area contributed by atoms with Gasteiger partial charge in [-0.2, -0.15) is 27.1 Å². The van der Waals surface area contributed by atoms with Crippen LogP contribution in [0.1, 0.15) is 83.6 Å². The Kier molecular flexibility index (Phi) is 8.13. The highest BCUT2D eigenvalue weighted by Crippen LogP contribution is 2.68. The molecule has 0 amide bonds.